The average molecular weight is 323 g/mol. The van der Waals surface area contributed by atoms with Crippen LogP contribution >= 0.6 is 11.6 Å². The fraction of sp³-hybridized carbons (Fsp3) is 0.0667. The lowest BCUT2D eigenvalue weighted by Crippen LogP contribution is -2.20. The van der Waals surface area contributed by atoms with Crippen molar-refractivity contribution < 1.29 is 18.7 Å². The Morgan fingerprint density at radius 3 is 2.50 bits per heavy atom. The third kappa shape index (κ3) is 4.20. The first kappa shape index (κ1) is 15.8. The molecule has 2 aromatic carbocycles. The number of ether oxygens (including phenoxy) is 1. The summed E-state index contributed by atoms with van der Waals surface area (Å²) in [6.07, 6.45) is 0. The maximum Gasteiger partial charge on any atom is 0.262 e. The van der Waals surface area contributed by atoms with E-state index in [9.17, 15) is 14.0 Å². The molecule has 2 aromatic rings. The summed E-state index contributed by atoms with van der Waals surface area (Å²) in [6.45, 7) is -0.264. The molecule has 7 heteroatoms. The highest BCUT2D eigenvalue weighted by atomic mass is 35.5. The molecule has 0 atom stereocenters. The molecule has 0 bridgehead atoms. The second kappa shape index (κ2) is 6.91. The van der Waals surface area contributed by atoms with Gasteiger partial charge in [0.05, 0.1) is 10.6 Å². The van der Waals surface area contributed by atoms with Crippen LogP contribution in [0.3, 0.4) is 0 Å². The number of anilines is 1. The Bertz CT molecular complexity index is 704. The lowest BCUT2D eigenvalue weighted by Gasteiger charge is -2.09. The minimum absolute atomic E-state index is 0.110. The molecule has 0 spiro atoms. The Morgan fingerprint density at radius 1 is 1.18 bits per heavy atom. The molecule has 0 heterocycles. The van der Waals surface area contributed by atoms with Gasteiger partial charge in [0.15, 0.2) is 6.61 Å². The summed E-state index contributed by atoms with van der Waals surface area (Å²) in [5, 5.41) is 2.74. The van der Waals surface area contributed by atoms with E-state index < -0.39 is 17.6 Å². The van der Waals surface area contributed by atoms with Gasteiger partial charge in [-0.1, -0.05) is 11.6 Å². The molecule has 0 fully saturated rings. The van der Waals surface area contributed by atoms with Gasteiger partial charge < -0.3 is 15.8 Å². The number of amides is 2. The van der Waals surface area contributed by atoms with Crippen molar-refractivity contribution in [2.45, 2.75) is 0 Å². The predicted molar refractivity (Wildman–Crippen MR) is 80.5 cm³/mol. The molecule has 0 unspecified atom stereocenters. The van der Waals surface area contributed by atoms with Crippen LogP contribution in [0.1, 0.15) is 10.4 Å². The van der Waals surface area contributed by atoms with Gasteiger partial charge in [-0.25, -0.2) is 4.39 Å². The first-order valence-electron chi connectivity index (χ1n) is 6.23. The highest BCUT2D eigenvalue weighted by molar-refractivity contribution is 6.33. The van der Waals surface area contributed by atoms with Gasteiger partial charge in [0.2, 0.25) is 5.91 Å². The van der Waals surface area contributed by atoms with Gasteiger partial charge in [-0.05, 0) is 42.5 Å². The van der Waals surface area contributed by atoms with Crippen LogP contribution < -0.4 is 15.8 Å². The Balaban J connectivity index is 1.96. The van der Waals surface area contributed by atoms with Crippen molar-refractivity contribution in [1.82, 2.24) is 0 Å². The number of primary amides is 1. The van der Waals surface area contributed by atoms with E-state index in [1.165, 1.54) is 42.5 Å². The summed E-state index contributed by atoms with van der Waals surface area (Å²) in [4.78, 5) is 22.9. The maximum absolute atomic E-state index is 12.7. The van der Waals surface area contributed by atoms with E-state index in [1.807, 2.05) is 0 Å². The number of rotatable bonds is 5. The molecule has 0 aliphatic rings. The average Bonchev–Trinajstić information content (AvgIpc) is 2.48. The fourth-order valence-electron chi connectivity index (χ4n) is 1.67. The topological polar surface area (TPSA) is 81.4 Å². The molecule has 2 rings (SSSR count). The molecule has 22 heavy (non-hydrogen) atoms. The lowest BCUT2D eigenvalue weighted by atomic mass is 10.2. The number of nitrogens with two attached hydrogens (primary N) is 1. The van der Waals surface area contributed by atoms with Crippen molar-refractivity contribution in [1.29, 1.82) is 0 Å². The van der Waals surface area contributed by atoms with Gasteiger partial charge in [0, 0.05) is 5.69 Å². The predicted octanol–water partition coefficient (Wildman–Crippen LogP) is 2.60. The first-order chi connectivity index (χ1) is 10.5. The zero-order valence-corrected chi connectivity index (χ0v) is 12.1. The number of hydrogen-bond acceptors (Lipinski definition) is 3. The molecular formula is C15H12ClFN2O3. The number of carbonyl (C=O) groups excluding carboxylic acids is 2. The maximum atomic E-state index is 12.7. The monoisotopic (exact) mass is 322 g/mol. The van der Waals surface area contributed by atoms with Crippen molar-refractivity contribution in [2.75, 3.05) is 11.9 Å². The highest BCUT2D eigenvalue weighted by Gasteiger charge is 2.10. The molecular weight excluding hydrogens is 311 g/mol. The van der Waals surface area contributed by atoms with Gasteiger partial charge in [-0.3, -0.25) is 9.59 Å². The third-order valence-corrected chi connectivity index (χ3v) is 3.03. The zero-order chi connectivity index (χ0) is 16.1. The summed E-state index contributed by atoms with van der Waals surface area (Å²) in [7, 11) is 0. The van der Waals surface area contributed by atoms with E-state index in [1.54, 1.807) is 0 Å². The summed E-state index contributed by atoms with van der Waals surface area (Å²) in [5.41, 5.74) is 5.65. The summed E-state index contributed by atoms with van der Waals surface area (Å²) >= 11 is 5.81. The summed E-state index contributed by atoms with van der Waals surface area (Å²) in [5.74, 6) is -1.16. The Labute approximate surface area is 130 Å². The van der Waals surface area contributed by atoms with Crippen LogP contribution in [-0.2, 0) is 4.79 Å². The number of benzene rings is 2. The quantitative estimate of drug-likeness (QED) is 0.887. The second-order valence-corrected chi connectivity index (χ2v) is 4.76. The summed E-state index contributed by atoms with van der Waals surface area (Å²) < 4.78 is 17.9. The molecule has 0 saturated heterocycles. The van der Waals surface area contributed by atoms with E-state index in [-0.39, 0.29) is 17.2 Å². The minimum atomic E-state index is -0.691. The Hall–Kier alpha value is -2.60. The fourth-order valence-corrected chi connectivity index (χ4v) is 1.88. The largest absolute Gasteiger partial charge is 0.484 e. The molecule has 0 saturated carbocycles. The number of nitrogens with one attached hydrogen (secondary N) is 1. The van der Waals surface area contributed by atoms with Crippen LogP contribution in [0, 0.1) is 5.82 Å². The first-order valence-corrected chi connectivity index (χ1v) is 6.61. The lowest BCUT2D eigenvalue weighted by molar-refractivity contribution is -0.118. The van der Waals surface area contributed by atoms with Crippen molar-refractivity contribution in [3.05, 3.63) is 58.9 Å². The molecule has 0 aliphatic heterocycles. The van der Waals surface area contributed by atoms with Crippen LogP contribution in [0.15, 0.2) is 42.5 Å². The summed E-state index contributed by atoms with van der Waals surface area (Å²) in [6, 6.07) is 9.65. The normalized spacial score (nSPS) is 10.1. The molecule has 3 N–H and O–H groups in total. The van der Waals surface area contributed by atoms with Gasteiger partial charge in [0.1, 0.15) is 11.6 Å². The molecule has 2 amide bonds. The molecule has 5 nitrogen and oxygen atoms in total. The van der Waals surface area contributed by atoms with Crippen LogP contribution in [-0.4, -0.2) is 18.4 Å². The Kier molecular flexibility index (Phi) is 4.95. The van der Waals surface area contributed by atoms with E-state index in [0.717, 1.165) is 0 Å². The van der Waals surface area contributed by atoms with E-state index in [2.05, 4.69) is 5.32 Å². The van der Waals surface area contributed by atoms with Crippen molar-refractivity contribution in [3.63, 3.8) is 0 Å². The zero-order valence-electron chi connectivity index (χ0n) is 11.3. The number of hydrogen-bond donors (Lipinski definition) is 2. The van der Waals surface area contributed by atoms with Gasteiger partial charge in [-0.15, -0.1) is 0 Å². The van der Waals surface area contributed by atoms with Crippen molar-refractivity contribution in [2.24, 2.45) is 5.73 Å². The third-order valence-electron chi connectivity index (χ3n) is 2.70. The molecule has 0 aromatic heterocycles. The SMILES string of the molecule is NC(=O)c1cc(NC(=O)COc2ccc(F)cc2)ccc1Cl. The van der Waals surface area contributed by atoms with E-state index in [0.29, 0.717) is 11.4 Å². The van der Waals surface area contributed by atoms with Crippen molar-refractivity contribution in [3.8, 4) is 5.75 Å². The van der Waals surface area contributed by atoms with Crippen LogP contribution in [0.4, 0.5) is 10.1 Å². The molecule has 0 aliphatic carbocycles. The molecule has 114 valence electrons. The van der Waals surface area contributed by atoms with Crippen LogP contribution in [0.5, 0.6) is 5.75 Å². The van der Waals surface area contributed by atoms with Gasteiger partial charge in [0.25, 0.3) is 5.91 Å². The smallest absolute Gasteiger partial charge is 0.262 e. The number of carbonyl (C=O) groups is 2. The van der Waals surface area contributed by atoms with Crippen molar-refractivity contribution >= 4 is 29.1 Å². The minimum Gasteiger partial charge on any atom is -0.484 e. The van der Waals surface area contributed by atoms with Crippen LogP contribution in [0.25, 0.3) is 0 Å². The Morgan fingerprint density at radius 2 is 1.86 bits per heavy atom. The van der Waals surface area contributed by atoms with Gasteiger partial charge >= 0.3 is 0 Å². The standard InChI is InChI=1S/C15H12ClFN2O3/c16-13-6-3-10(7-12(13)15(18)21)19-14(20)8-22-11-4-1-9(17)2-5-11/h1-7H,8H2,(H2,18,21)(H,19,20). The highest BCUT2D eigenvalue weighted by Crippen LogP contribution is 2.20. The van der Waals surface area contributed by atoms with E-state index in [4.69, 9.17) is 22.1 Å². The molecule has 0 radical (unpaired) electrons. The number of halogens is 2. The second-order valence-electron chi connectivity index (χ2n) is 4.35. The van der Waals surface area contributed by atoms with Gasteiger partial charge in [-0.2, -0.15) is 0 Å². The van der Waals surface area contributed by atoms with Crippen LogP contribution in [0.2, 0.25) is 5.02 Å². The van der Waals surface area contributed by atoms with E-state index >= 15 is 0 Å².